The number of hydrogen-bond donors (Lipinski definition) is 0. The quantitative estimate of drug-likeness (QED) is 0.644. The first-order valence-electron chi connectivity index (χ1n) is 10.1. The molecule has 3 aliphatic carbocycles. The molecule has 0 aliphatic heterocycles. The highest BCUT2D eigenvalue weighted by atomic mass is 16.6. The lowest BCUT2D eigenvalue weighted by atomic mass is 9.66. The normalized spacial score (nSPS) is 39.2. The van der Waals surface area contributed by atoms with Gasteiger partial charge in [-0.25, -0.2) is 0 Å². The van der Waals surface area contributed by atoms with E-state index in [1.165, 1.54) is 25.7 Å². The van der Waals surface area contributed by atoms with Gasteiger partial charge in [-0.15, -0.1) is 0 Å². The third-order valence-electron chi connectivity index (χ3n) is 7.23. The Morgan fingerprint density at radius 2 is 1.57 bits per heavy atom. The summed E-state index contributed by atoms with van der Waals surface area (Å²) < 4.78 is 6.10. The molecule has 3 aliphatic rings. The Kier molecular flexibility index (Phi) is 4.82. The predicted octanol–water partition coefficient (Wildman–Crippen LogP) is 5.45. The third-order valence-corrected chi connectivity index (χ3v) is 7.23. The monoisotopic (exact) mass is 320 g/mol. The van der Waals surface area contributed by atoms with E-state index in [-0.39, 0.29) is 17.5 Å². The molecule has 2 heteroatoms. The van der Waals surface area contributed by atoms with Crippen LogP contribution in [-0.4, -0.2) is 11.6 Å². The Morgan fingerprint density at radius 3 is 2.13 bits per heavy atom. The highest BCUT2D eigenvalue weighted by Crippen LogP contribution is 2.60. The summed E-state index contributed by atoms with van der Waals surface area (Å²) in [4.78, 5) is 12.9. The highest BCUT2D eigenvalue weighted by Gasteiger charge is 2.56. The molecule has 0 radical (unpaired) electrons. The van der Waals surface area contributed by atoms with Crippen LogP contribution >= 0.6 is 0 Å². The van der Waals surface area contributed by atoms with Crippen molar-refractivity contribution in [2.75, 3.05) is 0 Å². The van der Waals surface area contributed by atoms with E-state index in [4.69, 9.17) is 4.74 Å². The molecule has 0 N–H and O–H groups in total. The van der Waals surface area contributed by atoms with Gasteiger partial charge in [-0.1, -0.05) is 34.1 Å². The van der Waals surface area contributed by atoms with E-state index >= 15 is 0 Å². The third kappa shape index (κ3) is 3.20. The van der Waals surface area contributed by atoms with Crippen LogP contribution in [-0.2, 0) is 9.53 Å². The summed E-state index contributed by atoms with van der Waals surface area (Å²) in [5, 5.41) is 0. The van der Waals surface area contributed by atoms with Crippen LogP contribution in [0.3, 0.4) is 0 Å². The number of carbonyl (C=O) groups is 1. The summed E-state index contributed by atoms with van der Waals surface area (Å²) in [6.07, 6.45) is 8.19. The Morgan fingerprint density at radius 1 is 0.957 bits per heavy atom. The zero-order valence-corrected chi connectivity index (χ0v) is 15.8. The van der Waals surface area contributed by atoms with Gasteiger partial charge in [0.1, 0.15) is 5.60 Å². The lowest BCUT2D eigenvalue weighted by Crippen LogP contribution is -2.41. The largest absolute Gasteiger partial charge is 0.459 e. The SMILES string of the molecule is CC(C)C1C2CC(C(=O)OC3(C)CCCCC3)C(C2)C1C(C)C. The number of fused-ring (bicyclic) bond motifs is 2. The molecule has 3 rings (SSSR count). The van der Waals surface area contributed by atoms with Gasteiger partial charge in [-0.3, -0.25) is 4.79 Å². The average Bonchev–Trinajstić information content (AvgIpc) is 3.05. The van der Waals surface area contributed by atoms with Crippen LogP contribution in [0.1, 0.15) is 79.6 Å². The second-order valence-electron chi connectivity index (χ2n) is 9.58. The zero-order chi connectivity index (χ0) is 16.8. The number of hydrogen-bond acceptors (Lipinski definition) is 2. The number of esters is 1. The van der Waals surface area contributed by atoms with Gasteiger partial charge in [-0.05, 0) is 81.0 Å². The molecule has 0 aromatic carbocycles. The summed E-state index contributed by atoms with van der Waals surface area (Å²) >= 11 is 0. The summed E-state index contributed by atoms with van der Waals surface area (Å²) in [6.45, 7) is 11.6. The Hall–Kier alpha value is -0.530. The molecule has 2 bridgehead atoms. The lowest BCUT2D eigenvalue weighted by Gasteiger charge is -2.41. The maximum absolute atomic E-state index is 12.9. The van der Waals surface area contributed by atoms with Crippen molar-refractivity contribution in [2.24, 2.45) is 41.4 Å². The molecule has 5 unspecified atom stereocenters. The van der Waals surface area contributed by atoms with Gasteiger partial charge in [0.25, 0.3) is 0 Å². The van der Waals surface area contributed by atoms with E-state index in [1.807, 2.05) is 0 Å². The fourth-order valence-electron chi connectivity index (χ4n) is 6.37. The van der Waals surface area contributed by atoms with Gasteiger partial charge in [-0.2, -0.15) is 0 Å². The average molecular weight is 321 g/mol. The maximum Gasteiger partial charge on any atom is 0.309 e. The van der Waals surface area contributed by atoms with Crippen molar-refractivity contribution in [1.82, 2.24) is 0 Å². The minimum Gasteiger partial charge on any atom is -0.459 e. The van der Waals surface area contributed by atoms with Crippen molar-refractivity contribution >= 4 is 5.97 Å². The number of rotatable bonds is 4. The Labute approximate surface area is 142 Å². The molecule has 0 heterocycles. The van der Waals surface area contributed by atoms with E-state index < -0.39 is 0 Å². The highest BCUT2D eigenvalue weighted by molar-refractivity contribution is 5.74. The molecule has 0 spiro atoms. The van der Waals surface area contributed by atoms with Crippen LogP contribution in [0, 0.1) is 41.4 Å². The van der Waals surface area contributed by atoms with Crippen LogP contribution in [0.15, 0.2) is 0 Å². The Balaban J connectivity index is 1.69. The van der Waals surface area contributed by atoms with Gasteiger partial charge in [0.2, 0.25) is 0 Å². The van der Waals surface area contributed by atoms with E-state index in [2.05, 4.69) is 34.6 Å². The lowest BCUT2D eigenvalue weighted by molar-refractivity contribution is -0.170. The fourth-order valence-corrected chi connectivity index (χ4v) is 6.37. The molecule has 3 saturated carbocycles. The summed E-state index contributed by atoms with van der Waals surface area (Å²) in [5.74, 6) is 4.59. The molecule has 3 fully saturated rings. The van der Waals surface area contributed by atoms with Crippen LogP contribution in [0.25, 0.3) is 0 Å². The summed E-state index contributed by atoms with van der Waals surface area (Å²) in [5.41, 5.74) is -0.179. The van der Waals surface area contributed by atoms with E-state index in [1.54, 1.807) is 0 Å². The smallest absolute Gasteiger partial charge is 0.309 e. The first-order valence-corrected chi connectivity index (χ1v) is 10.1. The fraction of sp³-hybridized carbons (Fsp3) is 0.952. The van der Waals surface area contributed by atoms with Crippen molar-refractivity contribution in [1.29, 1.82) is 0 Å². The van der Waals surface area contributed by atoms with Gasteiger partial charge in [0, 0.05) is 0 Å². The van der Waals surface area contributed by atoms with Crippen LogP contribution in [0.4, 0.5) is 0 Å². The van der Waals surface area contributed by atoms with Crippen molar-refractivity contribution in [2.45, 2.75) is 85.2 Å². The van der Waals surface area contributed by atoms with Crippen LogP contribution < -0.4 is 0 Å². The second kappa shape index (κ2) is 6.41. The maximum atomic E-state index is 12.9. The van der Waals surface area contributed by atoms with Gasteiger partial charge < -0.3 is 4.74 Å². The first-order chi connectivity index (χ1) is 10.8. The number of ether oxygens (including phenoxy) is 1. The molecule has 0 saturated heterocycles. The van der Waals surface area contributed by atoms with E-state index in [9.17, 15) is 4.79 Å². The molecule has 23 heavy (non-hydrogen) atoms. The van der Waals surface area contributed by atoms with Gasteiger partial charge in [0.05, 0.1) is 5.92 Å². The summed E-state index contributed by atoms with van der Waals surface area (Å²) in [6, 6.07) is 0. The number of carbonyl (C=O) groups excluding carboxylic acids is 1. The van der Waals surface area contributed by atoms with E-state index in [0.717, 1.165) is 37.0 Å². The van der Waals surface area contributed by atoms with Gasteiger partial charge in [0.15, 0.2) is 0 Å². The van der Waals surface area contributed by atoms with Crippen molar-refractivity contribution in [3.8, 4) is 0 Å². The molecule has 0 aromatic heterocycles. The predicted molar refractivity (Wildman–Crippen MR) is 93.9 cm³/mol. The molecule has 0 aromatic rings. The molecule has 0 amide bonds. The molecular formula is C21H36O2. The molecule has 2 nitrogen and oxygen atoms in total. The van der Waals surface area contributed by atoms with Crippen LogP contribution in [0.5, 0.6) is 0 Å². The first kappa shape index (κ1) is 17.3. The molecule has 5 atom stereocenters. The zero-order valence-electron chi connectivity index (χ0n) is 15.8. The van der Waals surface area contributed by atoms with Crippen molar-refractivity contribution in [3.63, 3.8) is 0 Å². The topological polar surface area (TPSA) is 26.3 Å². The van der Waals surface area contributed by atoms with Crippen molar-refractivity contribution in [3.05, 3.63) is 0 Å². The minimum atomic E-state index is -0.179. The summed E-state index contributed by atoms with van der Waals surface area (Å²) in [7, 11) is 0. The Bertz CT molecular complexity index is 433. The second-order valence-corrected chi connectivity index (χ2v) is 9.58. The van der Waals surface area contributed by atoms with Crippen LogP contribution in [0.2, 0.25) is 0 Å². The molecule has 132 valence electrons. The van der Waals surface area contributed by atoms with E-state index in [0.29, 0.717) is 17.8 Å². The standard InChI is InChI=1S/C21H36O2/c1-13(2)18-15-11-16(19(18)14(3)4)17(12-15)20(22)23-21(5)9-7-6-8-10-21/h13-19H,6-12H2,1-5H3. The van der Waals surface area contributed by atoms with Gasteiger partial charge >= 0.3 is 5.97 Å². The van der Waals surface area contributed by atoms with Crippen molar-refractivity contribution < 1.29 is 9.53 Å². The minimum absolute atomic E-state index is 0.134. The molecular weight excluding hydrogens is 284 g/mol.